The van der Waals surface area contributed by atoms with E-state index in [4.69, 9.17) is 4.74 Å². The molecule has 118 valence electrons. The van der Waals surface area contributed by atoms with Crippen molar-refractivity contribution < 1.29 is 18.3 Å². The molecule has 21 heavy (non-hydrogen) atoms. The molecule has 1 aliphatic heterocycles. The van der Waals surface area contributed by atoms with Gasteiger partial charge in [0.05, 0.1) is 11.0 Å². The summed E-state index contributed by atoms with van der Waals surface area (Å²) in [7, 11) is -3.60. The first-order valence-corrected chi connectivity index (χ1v) is 8.74. The van der Waals surface area contributed by atoms with Crippen molar-refractivity contribution in [1.29, 1.82) is 0 Å². The van der Waals surface area contributed by atoms with Crippen molar-refractivity contribution in [1.82, 2.24) is 4.72 Å². The van der Waals surface area contributed by atoms with Gasteiger partial charge in [-0.25, -0.2) is 13.1 Å². The Morgan fingerprint density at radius 2 is 2.05 bits per heavy atom. The van der Waals surface area contributed by atoms with Crippen molar-refractivity contribution in [2.24, 2.45) is 0 Å². The van der Waals surface area contributed by atoms with Gasteiger partial charge in [0, 0.05) is 18.8 Å². The number of hydrogen-bond donors (Lipinski definition) is 2. The average Bonchev–Trinajstić information content (AvgIpc) is 2.46. The molecule has 1 aromatic rings. The Morgan fingerprint density at radius 1 is 1.38 bits per heavy atom. The van der Waals surface area contributed by atoms with Crippen molar-refractivity contribution in [3.8, 4) is 0 Å². The third kappa shape index (κ3) is 4.03. The quantitative estimate of drug-likeness (QED) is 0.871. The van der Waals surface area contributed by atoms with Gasteiger partial charge in [-0.15, -0.1) is 0 Å². The minimum Gasteiger partial charge on any atom is -0.388 e. The third-order valence-electron chi connectivity index (χ3n) is 3.92. The molecule has 2 N–H and O–H groups in total. The Morgan fingerprint density at radius 3 is 2.67 bits per heavy atom. The lowest BCUT2D eigenvalue weighted by Gasteiger charge is -2.34. The van der Waals surface area contributed by atoms with E-state index < -0.39 is 21.7 Å². The Labute approximate surface area is 126 Å². The van der Waals surface area contributed by atoms with Crippen LogP contribution in [0.5, 0.6) is 0 Å². The summed E-state index contributed by atoms with van der Waals surface area (Å²) >= 11 is 0. The van der Waals surface area contributed by atoms with E-state index in [1.165, 1.54) is 0 Å². The Balaban J connectivity index is 2.23. The first-order chi connectivity index (χ1) is 9.86. The van der Waals surface area contributed by atoms with Crippen LogP contribution in [0.2, 0.25) is 0 Å². The molecule has 5 nitrogen and oxygen atoms in total. The molecule has 0 spiro atoms. The fourth-order valence-corrected chi connectivity index (χ4v) is 3.95. The maximum absolute atomic E-state index is 12.5. The number of ether oxygens (including phenoxy) is 1. The zero-order chi connectivity index (χ0) is 15.5. The maximum Gasteiger partial charge on any atom is 0.241 e. The number of rotatable bonds is 5. The predicted octanol–water partition coefficient (Wildman–Crippen LogP) is 1.98. The minimum atomic E-state index is -3.60. The molecule has 1 fully saturated rings. The van der Waals surface area contributed by atoms with E-state index >= 15 is 0 Å². The standard InChI is InChI=1S/C15H23NO4S/c1-3-14(17)12-5-4-6-13(11-12)21(18,19)16-15(2)7-9-20-10-8-15/h4-6,11,14,16-17H,3,7-10H2,1-2H3. The van der Waals surface area contributed by atoms with E-state index in [1.54, 1.807) is 24.3 Å². The highest BCUT2D eigenvalue weighted by atomic mass is 32.2. The van der Waals surface area contributed by atoms with Gasteiger partial charge in [0.2, 0.25) is 10.0 Å². The molecule has 1 atom stereocenters. The summed E-state index contributed by atoms with van der Waals surface area (Å²) in [5, 5.41) is 9.86. The van der Waals surface area contributed by atoms with Crippen molar-refractivity contribution in [2.45, 2.75) is 49.6 Å². The zero-order valence-electron chi connectivity index (χ0n) is 12.5. The molecule has 2 rings (SSSR count). The second kappa shape index (κ2) is 6.44. The normalized spacial score (nSPS) is 20.1. The summed E-state index contributed by atoms with van der Waals surface area (Å²) in [5.41, 5.74) is 0.147. The first kappa shape index (κ1) is 16.4. The molecular weight excluding hydrogens is 290 g/mol. The van der Waals surface area contributed by atoms with Gasteiger partial charge < -0.3 is 9.84 Å². The number of aliphatic hydroxyl groups excluding tert-OH is 1. The van der Waals surface area contributed by atoms with Crippen LogP contribution in [0.4, 0.5) is 0 Å². The Bertz CT molecular complexity index is 579. The Hall–Kier alpha value is -0.950. The van der Waals surface area contributed by atoms with E-state index in [1.807, 2.05) is 13.8 Å². The molecule has 0 bridgehead atoms. The van der Waals surface area contributed by atoms with Crippen LogP contribution in [-0.4, -0.2) is 32.3 Å². The van der Waals surface area contributed by atoms with E-state index in [-0.39, 0.29) is 4.90 Å². The molecule has 1 aliphatic rings. The van der Waals surface area contributed by atoms with Crippen molar-refractivity contribution >= 4 is 10.0 Å². The van der Waals surface area contributed by atoms with Crippen LogP contribution >= 0.6 is 0 Å². The van der Waals surface area contributed by atoms with E-state index in [0.717, 1.165) is 0 Å². The minimum absolute atomic E-state index is 0.195. The molecular formula is C15H23NO4S. The number of hydrogen-bond acceptors (Lipinski definition) is 4. The van der Waals surface area contributed by atoms with Gasteiger partial charge in [0.25, 0.3) is 0 Å². The van der Waals surface area contributed by atoms with Gasteiger partial charge in [-0.05, 0) is 43.9 Å². The lowest BCUT2D eigenvalue weighted by atomic mass is 9.94. The number of sulfonamides is 1. The average molecular weight is 313 g/mol. The number of nitrogens with one attached hydrogen (secondary N) is 1. The molecule has 1 saturated heterocycles. The van der Waals surface area contributed by atoms with Gasteiger partial charge in [0.1, 0.15) is 0 Å². The summed E-state index contributed by atoms with van der Waals surface area (Å²) in [6.45, 7) is 4.88. The predicted molar refractivity (Wildman–Crippen MR) is 80.5 cm³/mol. The molecule has 1 heterocycles. The van der Waals surface area contributed by atoms with Crippen LogP contribution in [0, 0.1) is 0 Å². The fraction of sp³-hybridized carbons (Fsp3) is 0.600. The van der Waals surface area contributed by atoms with Gasteiger partial charge in [0.15, 0.2) is 0 Å². The van der Waals surface area contributed by atoms with Crippen LogP contribution < -0.4 is 4.72 Å². The fourth-order valence-electron chi connectivity index (χ4n) is 2.43. The molecule has 0 radical (unpaired) electrons. The van der Waals surface area contributed by atoms with Gasteiger partial charge >= 0.3 is 0 Å². The van der Waals surface area contributed by atoms with Crippen molar-refractivity contribution in [2.75, 3.05) is 13.2 Å². The van der Waals surface area contributed by atoms with Crippen LogP contribution in [0.1, 0.15) is 44.8 Å². The highest BCUT2D eigenvalue weighted by Gasteiger charge is 2.32. The van der Waals surface area contributed by atoms with Gasteiger partial charge in [-0.1, -0.05) is 19.1 Å². The highest BCUT2D eigenvalue weighted by molar-refractivity contribution is 7.89. The third-order valence-corrected chi connectivity index (χ3v) is 5.55. The van der Waals surface area contributed by atoms with Crippen LogP contribution in [0.15, 0.2) is 29.2 Å². The van der Waals surface area contributed by atoms with E-state index in [2.05, 4.69) is 4.72 Å². The van der Waals surface area contributed by atoms with Crippen molar-refractivity contribution in [3.63, 3.8) is 0 Å². The SMILES string of the molecule is CCC(O)c1cccc(S(=O)(=O)NC2(C)CCOCC2)c1. The molecule has 1 unspecified atom stereocenters. The molecule has 0 saturated carbocycles. The van der Waals surface area contributed by atoms with Crippen LogP contribution in [-0.2, 0) is 14.8 Å². The monoisotopic (exact) mass is 313 g/mol. The first-order valence-electron chi connectivity index (χ1n) is 7.26. The zero-order valence-corrected chi connectivity index (χ0v) is 13.3. The topological polar surface area (TPSA) is 75.6 Å². The summed E-state index contributed by atoms with van der Waals surface area (Å²) in [6, 6.07) is 6.49. The molecule has 0 aliphatic carbocycles. The lowest BCUT2D eigenvalue weighted by Crippen LogP contribution is -2.49. The van der Waals surface area contributed by atoms with Gasteiger partial charge in [-0.2, -0.15) is 0 Å². The second-order valence-corrected chi connectivity index (χ2v) is 7.46. The molecule has 0 aromatic heterocycles. The summed E-state index contributed by atoms with van der Waals surface area (Å²) in [5.74, 6) is 0. The van der Waals surface area contributed by atoms with Crippen LogP contribution in [0.25, 0.3) is 0 Å². The lowest BCUT2D eigenvalue weighted by molar-refractivity contribution is 0.0537. The van der Waals surface area contributed by atoms with E-state index in [0.29, 0.717) is 38.0 Å². The largest absolute Gasteiger partial charge is 0.388 e. The number of aliphatic hydroxyl groups is 1. The van der Waals surface area contributed by atoms with E-state index in [9.17, 15) is 13.5 Å². The van der Waals surface area contributed by atoms with Crippen molar-refractivity contribution in [3.05, 3.63) is 29.8 Å². The Kier molecular flexibility index (Phi) is 5.03. The summed E-state index contributed by atoms with van der Waals surface area (Å²) in [4.78, 5) is 0.195. The smallest absolute Gasteiger partial charge is 0.241 e. The van der Waals surface area contributed by atoms with Gasteiger partial charge in [-0.3, -0.25) is 0 Å². The highest BCUT2D eigenvalue weighted by Crippen LogP contribution is 2.24. The second-order valence-electron chi connectivity index (χ2n) is 5.78. The molecule has 0 amide bonds. The maximum atomic E-state index is 12.5. The molecule has 6 heteroatoms. The van der Waals surface area contributed by atoms with Crippen LogP contribution in [0.3, 0.4) is 0 Å². The summed E-state index contributed by atoms with van der Waals surface area (Å²) < 4.78 is 33.1. The molecule has 1 aromatic carbocycles. The number of benzene rings is 1. The summed E-state index contributed by atoms with van der Waals surface area (Å²) in [6.07, 6.45) is 1.22.